The Morgan fingerprint density at radius 2 is 1.89 bits per heavy atom. The number of aryl methyl sites for hydroxylation is 1. The van der Waals surface area contributed by atoms with E-state index in [1.807, 2.05) is 51.1 Å². The maximum atomic E-state index is 10.2. The maximum Gasteiger partial charge on any atom is 0.119 e. The predicted octanol–water partition coefficient (Wildman–Crippen LogP) is 3.32. The van der Waals surface area contributed by atoms with Crippen LogP contribution >= 0.6 is 11.5 Å². The lowest BCUT2D eigenvalue weighted by Gasteiger charge is -2.12. The summed E-state index contributed by atoms with van der Waals surface area (Å²) in [6.07, 6.45) is -0.450. The molecule has 0 spiro atoms. The minimum absolute atomic E-state index is 0.157. The molecule has 4 heteroatoms. The van der Waals surface area contributed by atoms with Crippen molar-refractivity contribution in [3.63, 3.8) is 0 Å². The summed E-state index contributed by atoms with van der Waals surface area (Å²) < 4.78 is 9.74. The first-order valence-electron chi connectivity index (χ1n) is 5.94. The van der Waals surface area contributed by atoms with E-state index in [9.17, 15) is 5.11 Å². The SMILES string of the molecule is Cc1cc([C@@H](O)c2ccc(OC(C)C)cc2)sn1. The zero-order chi connectivity index (χ0) is 13.1. The van der Waals surface area contributed by atoms with Crippen LogP contribution < -0.4 is 4.74 Å². The molecule has 1 heterocycles. The second kappa shape index (κ2) is 5.50. The van der Waals surface area contributed by atoms with E-state index in [0.29, 0.717) is 0 Å². The third kappa shape index (κ3) is 3.09. The summed E-state index contributed by atoms with van der Waals surface area (Å²) >= 11 is 1.34. The van der Waals surface area contributed by atoms with E-state index in [1.54, 1.807) is 0 Å². The molecule has 1 aromatic carbocycles. The second-order valence-corrected chi connectivity index (χ2v) is 5.35. The Morgan fingerprint density at radius 3 is 2.39 bits per heavy atom. The average molecular weight is 263 g/mol. The van der Waals surface area contributed by atoms with Gasteiger partial charge in [-0.2, -0.15) is 4.37 Å². The Balaban J connectivity index is 2.14. The molecular weight excluding hydrogens is 246 g/mol. The molecule has 0 saturated carbocycles. The second-order valence-electron chi connectivity index (χ2n) is 4.51. The van der Waals surface area contributed by atoms with Gasteiger partial charge in [-0.05, 0) is 56.1 Å². The molecule has 1 atom stereocenters. The third-order valence-corrected chi connectivity index (χ3v) is 3.41. The summed E-state index contributed by atoms with van der Waals surface area (Å²) in [4.78, 5) is 0.866. The molecule has 2 aromatic rings. The highest BCUT2D eigenvalue weighted by atomic mass is 32.1. The molecule has 0 bridgehead atoms. The van der Waals surface area contributed by atoms with Crippen molar-refractivity contribution >= 4 is 11.5 Å². The van der Waals surface area contributed by atoms with Crippen LogP contribution in [0.15, 0.2) is 30.3 Å². The number of aliphatic hydroxyl groups excluding tert-OH is 1. The van der Waals surface area contributed by atoms with Crippen LogP contribution in [0.25, 0.3) is 0 Å². The molecule has 0 aliphatic rings. The van der Waals surface area contributed by atoms with Crippen LogP contribution in [0.5, 0.6) is 5.75 Å². The molecule has 0 unspecified atom stereocenters. The number of nitrogens with zero attached hydrogens (tertiary/aromatic N) is 1. The molecule has 1 aromatic heterocycles. The van der Waals surface area contributed by atoms with Gasteiger partial charge in [-0.1, -0.05) is 12.1 Å². The number of aromatic nitrogens is 1. The van der Waals surface area contributed by atoms with Crippen LogP contribution in [-0.2, 0) is 0 Å². The molecule has 0 fully saturated rings. The average Bonchev–Trinajstić information content (AvgIpc) is 2.75. The van der Waals surface area contributed by atoms with Gasteiger partial charge in [0.15, 0.2) is 0 Å². The van der Waals surface area contributed by atoms with Crippen LogP contribution in [0.3, 0.4) is 0 Å². The van der Waals surface area contributed by atoms with Crippen molar-refractivity contribution in [2.24, 2.45) is 0 Å². The highest BCUT2D eigenvalue weighted by Gasteiger charge is 2.13. The van der Waals surface area contributed by atoms with E-state index in [-0.39, 0.29) is 6.10 Å². The highest BCUT2D eigenvalue weighted by Crippen LogP contribution is 2.27. The van der Waals surface area contributed by atoms with Gasteiger partial charge < -0.3 is 9.84 Å². The molecule has 0 aliphatic carbocycles. The highest BCUT2D eigenvalue weighted by molar-refractivity contribution is 7.05. The largest absolute Gasteiger partial charge is 0.491 e. The van der Waals surface area contributed by atoms with Crippen molar-refractivity contribution in [2.45, 2.75) is 33.0 Å². The van der Waals surface area contributed by atoms with Gasteiger partial charge in [0, 0.05) is 0 Å². The van der Waals surface area contributed by atoms with Gasteiger partial charge >= 0.3 is 0 Å². The van der Waals surface area contributed by atoms with Gasteiger partial charge in [0.2, 0.25) is 0 Å². The first kappa shape index (κ1) is 13.1. The number of benzene rings is 1. The smallest absolute Gasteiger partial charge is 0.119 e. The molecule has 0 aliphatic heterocycles. The maximum absolute atomic E-state index is 10.2. The summed E-state index contributed by atoms with van der Waals surface area (Å²) in [5.41, 5.74) is 1.79. The van der Waals surface area contributed by atoms with Gasteiger partial charge in [-0.3, -0.25) is 0 Å². The molecule has 18 heavy (non-hydrogen) atoms. The predicted molar refractivity (Wildman–Crippen MR) is 73.1 cm³/mol. The Bertz CT molecular complexity index is 505. The minimum Gasteiger partial charge on any atom is -0.491 e. The zero-order valence-electron chi connectivity index (χ0n) is 10.8. The summed E-state index contributed by atoms with van der Waals surface area (Å²) in [6, 6.07) is 9.45. The fourth-order valence-electron chi connectivity index (χ4n) is 1.68. The van der Waals surface area contributed by atoms with Gasteiger partial charge in [-0.25, -0.2) is 0 Å². The fraction of sp³-hybridized carbons (Fsp3) is 0.357. The molecule has 2 rings (SSSR count). The Labute approximate surface area is 111 Å². The van der Waals surface area contributed by atoms with Crippen molar-refractivity contribution in [1.82, 2.24) is 4.37 Å². The normalized spacial score (nSPS) is 12.7. The van der Waals surface area contributed by atoms with Gasteiger partial charge in [0.05, 0.1) is 16.7 Å². The van der Waals surface area contributed by atoms with E-state index in [1.165, 1.54) is 11.5 Å². The summed E-state index contributed by atoms with van der Waals surface area (Å²) in [7, 11) is 0. The van der Waals surface area contributed by atoms with Crippen molar-refractivity contribution in [3.05, 3.63) is 46.5 Å². The number of rotatable bonds is 4. The standard InChI is InChI=1S/C14H17NO2S/c1-9(2)17-12-6-4-11(5-7-12)14(16)13-8-10(3)15-18-13/h4-9,14,16H,1-3H3/t14-/m0/s1. The van der Waals surface area contributed by atoms with Gasteiger partial charge in [0.1, 0.15) is 11.9 Å². The molecule has 3 nitrogen and oxygen atoms in total. The van der Waals surface area contributed by atoms with Crippen LogP contribution in [0.4, 0.5) is 0 Å². The molecule has 1 N–H and O–H groups in total. The van der Waals surface area contributed by atoms with Crippen molar-refractivity contribution in [3.8, 4) is 5.75 Å². The lowest BCUT2D eigenvalue weighted by atomic mass is 10.1. The number of aliphatic hydroxyl groups is 1. The number of hydrogen-bond donors (Lipinski definition) is 1. The van der Waals surface area contributed by atoms with E-state index >= 15 is 0 Å². The quantitative estimate of drug-likeness (QED) is 0.920. The monoisotopic (exact) mass is 263 g/mol. The zero-order valence-corrected chi connectivity index (χ0v) is 11.6. The first-order valence-corrected chi connectivity index (χ1v) is 6.71. The summed E-state index contributed by atoms with van der Waals surface area (Å²) in [5, 5.41) is 10.2. The van der Waals surface area contributed by atoms with Crippen molar-refractivity contribution in [1.29, 1.82) is 0 Å². The van der Waals surface area contributed by atoms with E-state index < -0.39 is 6.10 Å². The Morgan fingerprint density at radius 1 is 1.22 bits per heavy atom. The molecule has 0 saturated heterocycles. The lowest BCUT2D eigenvalue weighted by Crippen LogP contribution is -2.05. The molecule has 96 valence electrons. The van der Waals surface area contributed by atoms with Crippen molar-refractivity contribution < 1.29 is 9.84 Å². The molecule has 0 radical (unpaired) electrons. The summed E-state index contributed by atoms with van der Waals surface area (Å²) in [6.45, 7) is 5.90. The number of hydrogen-bond acceptors (Lipinski definition) is 4. The van der Waals surface area contributed by atoms with Crippen LogP contribution in [-0.4, -0.2) is 15.6 Å². The number of ether oxygens (including phenoxy) is 1. The van der Waals surface area contributed by atoms with Crippen LogP contribution in [0, 0.1) is 6.92 Å². The topological polar surface area (TPSA) is 42.4 Å². The lowest BCUT2D eigenvalue weighted by molar-refractivity contribution is 0.223. The Kier molecular flexibility index (Phi) is 3.99. The van der Waals surface area contributed by atoms with Gasteiger partial charge in [-0.15, -0.1) is 0 Å². The van der Waals surface area contributed by atoms with E-state index in [4.69, 9.17) is 4.74 Å². The molecular formula is C14H17NO2S. The molecule has 0 amide bonds. The van der Waals surface area contributed by atoms with E-state index in [2.05, 4.69) is 4.37 Å². The van der Waals surface area contributed by atoms with Crippen molar-refractivity contribution in [2.75, 3.05) is 0 Å². The van der Waals surface area contributed by atoms with Gasteiger partial charge in [0.25, 0.3) is 0 Å². The van der Waals surface area contributed by atoms with Crippen LogP contribution in [0.2, 0.25) is 0 Å². The fourth-order valence-corrected chi connectivity index (χ4v) is 2.44. The van der Waals surface area contributed by atoms with E-state index in [0.717, 1.165) is 21.9 Å². The third-order valence-electron chi connectivity index (χ3n) is 2.48. The minimum atomic E-state index is -0.607. The Hall–Kier alpha value is -1.39. The summed E-state index contributed by atoms with van der Waals surface area (Å²) in [5.74, 6) is 0.821. The van der Waals surface area contributed by atoms with Crippen LogP contribution in [0.1, 0.15) is 36.1 Å². The first-order chi connectivity index (χ1) is 8.56.